The van der Waals surface area contributed by atoms with Gasteiger partial charge in [-0.3, -0.25) is 4.98 Å². The van der Waals surface area contributed by atoms with Gasteiger partial charge in [0.25, 0.3) is 0 Å². The van der Waals surface area contributed by atoms with Gasteiger partial charge in [-0.2, -0.15) is 4.99 Å². The molecule has 1 rings (SSSR count). The summed E-state index contributed by atoms with van der Waals surface area (Å²) >= 11 is 0. The zero-order valence-electron chi connectivity index (χ0n) is 8.51. The maximum absolute atomic E-state index is 11.0. The fourth-order valence-corrected chi connectivity index (χ4v) is 1.14. The Labute approximate surface area is 88.2 Å². The first-order valence-corrected chi connectivity index (χ1v) is 6.18. The summed E-state index contributed by atoms with van der Waals surface area (Å²) in [5.74, 6) is 0.253. The lowest BCUT2D eigenvalue weighted by atomic mass is 10.3. The number of aliphatic imine (C=N–C) groups is 1. The highest BCUT2D eigenvalue weighted by Gasteiger charge is 2.10. The van der Waals surface area contributed by atoms with Crippen LogP contribution < -0.4 is 5.73 Å². The van der Waals surface area contributed by atoms with Gasteiger partial charge in [0, 0.05) is 18.6 Å². The van der Waals surface area contributed by atoms with Crippen LogP contribution in [0.5, 0.6) is 0 Å². The molecule has 0 saturated heterocycles. The van der Waals surface area contributed by atoms with Gasteiger partial charge in [-0.15, -0.1) is 0 Å². The highest BCUT2D eigenvalue weighted by Crippen LogP contribution is 2.12. The quantitative estimate of drug-likeness (QED) is 0.568. The first-order chi connectivity index (χ1) is 6.95. The Morgan fingerprint density at radius 3 is 2.60 bits per heavy atom. The summed E-state index contributed by atoms with van der Waals surface area (Å²) in [5, 5.41) is -0.447. The molecule has 0 aromatic carbocycles. The lowest BCUT2D eigenvalue weighted by Crippen LogP contribution is -2.22. The standard InChI is InChI=1S/C8H12N4O2S/c1-3-6-7(11-5-4-10-6)12-8(9)15(2,13)14/h4-5H,3H2,1-2H3,(H2,9,11,12). The molecule has 1 aromatic heterocycles. The molecule has 6 nitrogen and oxygen atoms in total. The molecule has 1 heterocycles. The molecule has 82 valence electrons. The van der Waals surface area contributed by atoms with E-state index in [-0.39, 0.29) is 5.82 Å². The molecule has 15 heavy (non-hydrogen) atoms. The highest BCUT2D eigenvalue weighted by molar-refractivity contribution is 8.05. The van der Waals surface area contributed by atoms with Crippen LogP contribution in [0.3, 0.4) is 0 Å². The number of amidine groups is 1. The second-order valence-electron chi connectivity index (χ2n) is 2.90. The summed E-state index contributed by atoms with van der Waals surface area (Å²) in [6.07, 6.45) is 4.57. The van der Waals surface area contributed by atoms with E-state index in [1.807, 2.05) is 6.92 Å². The number of nitrogens with zero attached hydrogens (tertiary/aromatic N) is 3. The zero-order chi connectivity index (χ0) is 11.5. The van der Waals surface area contributed by atoms with Crippen LogP contribution in [0.25, 0.3) is 0 Å². The molecule has 0 atom stereocenters. The van der Waals surface area contributed by atoms with E-state index in [1.54, 1.807) is 0 Å². The predicted molar refractivity (Wildman–Crippen MR) is 57.5 cm³/mol. The van der Waals surface area contributed by atoms with Crippen molar-refractivity contribution in [2.75, 3.05) is 6.26 Å². The Bertz CT molecular complexity index is 481. The average Bonchev–Trinajstić information content (AvgIpc) is 2.17. The van der Waals surface area contributed by atoms with E-state index in [9.17, 15) is 8.42 Å². The number of rotatable bonds is 2. The molecule has 0 saturated carbocycles. The van der Waals surface area contributed by atoms with Crippen molar-refractivity contribution in [3.05, 3.63) is 18.1 Å². The molecule has 0 aliphatic heterocycles. The molecular weight excluding hydrogens is 216 g/mol. The minimum absolute atomic E-state index is 0.253. The molecule has 2 N–H and O–H groups in total. The molecule has 0 spiro atoms. The Balaban J connectivity index is 3.19. The van der Waals surface area contributed by atoms with E-state index >= 15 is 0 Å². The molecule has 0 unspecified atom stereocenters. The topological polar surface area (TPSA) is 98.3 Å². The van der Waals surface area contributed by atoms with Gasteiger partial charge in [-0.05, 0) is 6.42 Å². The van der Waals surface area contributed by atoms with Gasteiger partial charge in [0.15, 0.2) is 5.82 Å². The van der Waals surface area contributed by atoms with E-state index in [2.05, 4.69) is 15.0 Å². The number of hydrogen-bond donors (Lipinski definition) is 1. The first kappa shape index (κ1) is 11.6. The van der Waals surface area contributed by atoms with Gasteiger partial charge < -0.3 is 5.73 Å². The summed E-state index contributed by atoms with van der Waals surface area (Å²) in [5.41, 5.74) is 5.92. The summed E-state index contributed by atoms with van der Waals surface area (Å²) in [6, 6.07) is 0. The molecule has 0 amide bonds. The number of aryl methyl sites for hydroxylation is 1. The van der Waals surface area contributed by atoms with Crippen LogP contribution in [-0.4, -0.2) is 29.8 Å². The number of nitrogens with two attached hydrogens (primary N) is 1. The van der Waals surface area contributed by atoms with E-state index in [0.717, 1.165) is 6.26 Å². The molecular formula is C8H12N4O2S. The van der Waals surface area contributed by atoms with Crippen molar-refractivity contribution >= 4 is 20.8 Å². The Hall–Kier alpha value is -1.50. The van der Waals surface area contributed by atoms with Crippen molar-refractivity contribution in [2.24, 2.45) is 10.7 Å². The monoisotopic (exact) mass is 228 g/mol. The van der Waals surface area contributed by atoms with Crippen LogP contribution in [0.4, 0.5) is 5.82 Å². The minimum Gasteiger partial charge on any atom is -0.374 e. The van der Waals surface area contributed by atoms with E-state index in [1.165, 1.54) is 12.4 Å². The van der Waals surface area contributed by atoms with Crippen molar-refractivity contribution in [2.45, 2.75) is 13.3 Å². The van der Waals surface area contributed by atoms with Crippen LogP contribution >= 0.6 is 0 Å². The number of sulfone groups is 1. The van der Waals surface area contributed by atoms with Gasteiger partial charge >= 0.3 is 0 Å². The van der Waals surface area contributed by atoms with Gasteiger partial charge in [0.2, 0.25) is 15.0 Å². The molecule has 0 bridgehead atoms. The fourth-order valence-electron chi connectivity index (χ4n) is 0.890. The molecule has 1 aromatic rings. The summed E-state index contributed by atoms with van der Waals surface area (Å²) in [6.45, 7) is 1.87. The van der Waals surface area contributed by atoms with Gasteiger partial charge in [-0.1, -0.05) is 6.92 Å². The van der Waals surface area contributed by atoms with Gasteiger partial charge in [-0.25, -0.2) is 13.4 Å². The SMILES string of the molecule is CCc1nccnc1/N=C(\N)S(C)(=O)=O. The Morgan fingerprint density at radius 1 is 1.47 bits per heavy atom. The Kier molecular flexibility index (Phi) is 3.35. The van der Waals surface area contributed by atoms with Crippen molar-refractivity contribution < 1.29 is 8.42 Å². The number of aromatic nitrogens is 2. The predicted octanol–water partition coefficient (Wildman–Crippen LogP) is 0.0298. The van der Waals surface area contributed by atoms with E-state index < -0.39 is 15.0 Å². The molecule has 7 heteroatoms. The third kappa shape index (κ3) is 2.98. The smallest absolute Gasteiger partial charge is 0.220 e. The van der Waals surface area contributed by atoms with Crippen molar-refractivity contribution in [3.8, 4) is 0 Å². The zero-order valence-corrected chi connectivity index (χ0v) is 9.32. The van der Waals surface area contributed by atoms with Crippen molar-refractivity contribution in [3.63, 3.8) is 0 Å². The molecule has 0 fully saturated rings. The van der Waals surface area contributed by atoms with Gasteiger partial charge in [0.05, 0.1) is 5.69 Å². The molecule has 0 aliphatic rings. The third-order valence-electron chi connectivity index (χ3n) is 1.68. The van der Waals surface area contributed by atoms with Crippen LogP contribution in [0, 0.1) is 0 Å². The van der Waals surface area contributed by atoms with Gasteiger partial charge in [0.1, 0.15) is 0 Å². The third-order valence-corrected chi connectivity index (χ3v) is 2.53. The molecule has 0 radical (unpaired) electrons. The average molecular weight is 228 g/mol. The maximum Gasteiger partial charge on any atom is 0.220 e. The van der Waals surface area contributed by atoms with Crippen molar-refractivity contribution in [1.82, 2.24) is 9.97 Å². The van der Waals surface area contributed by atoms with Crippen LogP contribution in [-0.2, 0) is 16.3 Å². The van der Waals surface area contributed by atoms with Crippen LogP contribution in [0.15, 0.2) is 17.4 Å². The normalized spacial score (nSPS) is 12.8. The fraction of sp³-hybridized carbons (Fsp3) is 0.375. The van der Waals surface area contributed by atoms with Crippen LogP contribution in [0.1, 0.15) is 12.6 Å². The van der Waals surface area contributed by atoms with Crippen LogP contribution in [0.2, 0.25) is 0 Å². The summed E-state index contributed by atoms with van der Waals surface area (Å²) < 4.78 is 22.1. The second-order valence-corrected chi connectivity index (χ2v) is 4.87. The molecule has 0 aliphatic carbocycles. The largest absolute Gasteiger partial charge is 0.374 e. The van der Waals surface area contributed by atoms with Crippen molar-refractivity contribution in [1.29, 1.82) is 0 Å². The van der Waals surface area contributed by atoms with E-state index in [4.69, 9.17) is 5.73 Å². The Morgan fingerprint density at radius 2 is 2.07 bits per heavy atom. The maximum atomic E-state index is 11.0. The lowest BCUT2D eigenvalue weighted by molar-refractivity contribution is 0.612. The summed E-state index contributed by atoms with van der Waals surface area (Å²) in [4.78, 5) is 11.7. The summed E-state index contributed by atoms with van der Waals surface area (Å²) in [7, 11) is -3.47. The highest BCUT2D eigenvalue weighted by atomic mass is 32.2. The first-order valence-electron chi connectivity index (χ1n) is 4.29. The van der Waals surface area contributed by atoms with E-state index in [0.29, 0.717) is 12.1 Å². The second kappa shape index (κ2) is 4.35. The minimum atomic E-state index is -3.47. The lowest BCUT2D eigenvalue weighted by Gasteiger charge is -2.00. The number of hydrogen-bond acceptors (Lipinski definition) is 5.